The van der Waals surface area contributed by atoms with Gasteiger partial charge in [0.2, 0.25) is 5.88 Å². The summed E-state index contributed by atoms with van der Waals surface area (Å²) in [5.74, 6) is -2.37. The molecule has 254 valence electrons. The third-order valence-corrected chi connectivity index (χ3v) is 6.62. The Morgan fingerprint density at radius 2 is 1.57 bits per heavy atom. The number of hydrogen-bond acceptors (Lipinski definition) is 9. The van der Waals surface area contributed by atoms with E-state index in [1.54, 1.807) is 36.4 Å². The maximum absolute atomic E-state index is 13.5. The van der Waals surface area contributed by atoms with Crippen molar-refractivity contribution in [1.82, 2.24) is 10.3 Å². The fraction of sp³-hybridized carbons (Fsp3) is 0.344. The molecule has 0 aliphatic heterocycles. The van der Waals surface area contributed by atoms with Crippen LogP contribution in [0.3, 0.4) is 0 Å². The highest BCUT2D eigenvalue weighted by atomic mass is 32.2. The van der Waals surface area contributed by atoms with Crippen molar-refractivity contribution in [2.75, 3.05) is 24.8 Å². The highest BCUT2D eigenvalue weighted by Gasteiger charge is 2.27. The minimum atomic E-state index is -3.67. The van der Waals surface area contributed by atoms with Crippen molar-refractivity contribution in [3.8, 4) is 17.0 Å². The summed E-state index contributed by atoms with van der Waals surface area (Å²) in [6.07, 6.45) is 2.40. The molecule has 3 aromatic rings. The van der Waals surface area contributed by atoms with E-state index in [-0.39, 0.29) is 46.3 Å². The van der Waals surface area contributed by atoms with Crippen LogP contribution in [0.4, 0.5) is 5.69 Å². The van der Waals surface area contributed by atoms with E-state index in [0.717, 1.165) is 12.8 Å². The number of anilines is 1. The van der Waals surface area contributed by atoms with Crippen molar-refractivity contribution in [3.63, 3.8) is 0 Å². The van der Waals surface area contributed by atoms with Crippen LogP contribution in [0.2, 0.25) is 0 Å². The summed E-state index contributed by atoms with van der Waals surface area (Å²) in [6.45, 7) is 7.73. The van der Waals surface area contributed by atoms with Crippen molar-refractivity contribution < 1.29 is 42.3 Å². The first-order valence-corrected chi connectivity index (χ1v) is 16.3. The zero-order chi connectivity index (χ0) is 35.5. The monoisotopic (exact) mass is 671 g/mol. The fourth-order valence-electron chi connectivity index (χ4n) is 4.03. The number of ether oxygens (including phenoxy) is 1. The number of nitrogens with zero attached hydrogens (tertiary/aromatic N) is 1. The largest absolute Gasteiger partial charge is 0.478 e. The number of rotatable bonds is 12. The number of carboxylic acid groups (broad SMARTS) is 1. The molecule has 3 rings (SSSR count). The highest BCUT2D eigenvalue weighted by Crippen LogP contribution is 2.30. The van der Waals surface area contributed by atoms with E-state index in [1.165, 1.54) is 18.2 Å². The van der Waals surface area contributed by atoms with E-state index in [2.05, 4.69) is 15.6 Å². The Morgan fingerprint density at radius 3 is 2.09 bits per heavy atom. The number of amidine groups is 1. The molecule has 2 amide bonds. The van der Waals surface area contributed by atoms with Crippen LogP contribution in [0.5, 0.6) is 5.88 Å². The average molecular weight is 672 g/mol. The number of nitrogens with one attached hydrogen (secondary N) is 3. The minimum Gasteiger partial charge on any atom is -0.478 e. The first kappa shape index (κ1) is 38.3. The Labute approximate surface area is 273 Å². The maximum Gasteiger partial charge on any atom is 0.336 e. The topological polar surface area (TPSA) is 242 Å². The number of aromatic carboxylic acids is 1. The number of nitrogen functional groups attached to an aromatic ring is 1. The second-order valence-electron chi connectivity index (χ2n) is 11.6. The summed E-state index contributed by atoms with van der Waals surface area (Å²) in [5, 5.41) is 32.9. The second kappa shape index (κ2) is 16.6. The third kappa shape index (κ3) is 12.1. The SMILES string of the molecule is CCCCOc1ccc(-c2ccc(C(=O)NC(CO)C(C)(C)C)cc2C(=O)O)c(C(=O)Nc2ccc(C(=N)N)cc2)n1.CS(=O)(=O)O. The molecule has 1 atom stereocenters. The standard InChI is InChI=1S/C31H37N5O6.CH4O3S/c1-5-6-15-42-25-14-13-22(26(36-25)29(39)34-20-10-7-18(8-11-20)27(32)33)21-12-9-19(16-23(21)30(40)41)28(38)35-24(17-37)31(2,3)4;1-5(2,3)4/h7-14,16,24,37H,5-6,15,17H2,1-4H3,(H3,32,33)(H,34,39)(H,35,38)(H,40,41);1H3,(H,2,3,4). The predicted molar refractivity (Wildman–Crippen MR) is 178 cm³/mol. The minimum absolute atomic E-state index is 0.0765. The van der Waals surface area contributed by atoms with E-state index in [9.17, 15) is 33.0 Å². The summed E-state index contributed by atoms with van der Waals surface area (Å²) >= 11 is 0. The molecule has 2 aromatic carbocycles. The van der Waals surface area contributed by atoms with Gasteiger partial charge in [-0.15, -0.1) is 0 Å². The van der Waals surface area contributed by atoms with E-state index in [1.807, 2.05) is 27.7 Å². The van der Waals surface area contributed by atoms with Gasteiger partial charge in [0.05, 0.1) is 31.1 Å². The molecule has 0 spiro atoms. The van der Waals surface area contributed by atoms with Crippen LogP contribution in [0, 0.1) is 10.8 Å². The van der Waals surface area contributed by atoms with Gasteiger partial charge in [0.1, 0.15) is 11.5 Å². The van der Waals surface area contributed by atoms with E-state index >= 15 is 0 Å². The molecule has 0 fully saturated rings. The van der Waals surface area contributed by atoms with E-state index < -0.39 is 39.4 Å². The van der Waals surface area contributed by atoms with Gasteiger partial charge >= 0.3 is 5.97 Å². The van der Waals surface area contributed by atoms with Crippen LogP contribution in [-0.2, 0) is 10.1 Å². The second-order valence-corrected chi connectivity index (χ2v) is 13.0. The molecule has 8 N–H and O–H groups in total. The number of carbonyl (C=O) groups is 3. The number of carboxylic acids is 1. The van der Waals surface area contributed by atoms with Crippen LogP contribution in [0.1, 0.15) is 77.3 Å². The number of amides is 2. The summed E-state index contributed by atoms with van der Waals surface area (Å²) < 4.78 is 31.6. The molecule has 15 heteroatoms. The van der Waals surface area contributed by atoms with Crippen molar-refractivity contribution >= 4 is 39.4 Å². The molecular formula is C32H41N5O9S. The van der Waals surface area contributed by atoms with Crippen LogP contribution < -0.4 is 21.1 Å². The number of carbonyl (C=O) groups excluding carboxylic acids is 2. The number of aromatic nitrogens is 1. The van der Waals surface area contributed by atoms with Crippen LogP contribution >= 0.6 is 0 Å². The lowest BCUT2D eigenvalue weighted by Gasteiger charge is -2.29. The first-order valence-electron chi connectivity index (χ1n) is 14.5. The number of aliphatic hydroxyl groups is 1. The van der Waals surface area contributed by atoms with Gasteiger partial charge in [-0.2, -0.15) is 8.42 Å². The molecule has 1 heterocycles. The number of unbranched alkanes of at least 4 members (excludes halogenated alkanes) is 1. The maximum atomic E-state index is 13.5. The zero-order valence-corrected chi connectivity index (χ0v) is 27.6. The quantitative estimate of drug-likeness (QED) is 0.0632. The average Bonchev–Trinajstić information content (AvgIpc) is 2.98. The zero-order valence-electron chi connectivity index (χ0n) is 26.8. The number of benzene rings is 2. The molecule has 0 aliphatic carbocycles. The number of hydrogen-bond donors (Lipinski definition) is 7. The summed E-state index contributed by atoms with van der Waals surface area (Å²) in [5.41, 5.74) is 6.19. The Bertz CT molecular complexity index is 1690. The summed E-state index contributed by atoms with van der Waals surface area (Å²) in [4.78, 5) is 43.2. The number of aliphatic hydroxyl groups excluding tert-OH is 1. The highest BCUT2D eigenvalue weighted by molar-refractivity contribution is 7.85. The lowest BCUT2D eigenvalue weighted by molar-refractivity contribution is 0.0697. The first-order chi connectivity index (χ1) is 21.8. The molecule has 47 heavy (non-hydrogen) atoms. The lowest BCUT2D eigenvalue weighted by Crippen LogP contribution is -2.46. The van der Waals surface area contributed by atoms with Crippen molar-refractivity contribution in [3.05, 3.63) is 77.0 Å². The van der Waals surface area contributed by atoms with Gasteiger partial charge in [-0.05, 0) is 59.9 Å². The van der Waals surface area contributed by atoms with E-state index in [0.29, 0.717) is 24.1 Å². The molecule has 1 unspecified atom stereocenters. The predicted octanol–water partition coefficient (Wildman–Crippen LogP) is 3.80. The molecule has 0 aliphatic rings. The van der Waals surface area contributed by atoms with Gasteiger partial charge < -0.3 is 31.3 Å². The van der Waals surface area contributed by atoms with Gasteiger partial charge in [-0.25, -0.2) is 9.78 Å². The van der Waals surface area contributed by atoms with Gasteiger partial charge in [-0.3, -0.25) is 19.6 Å². The summed E-state index contributed by atoms with van der Waals surface area (Å²) in [7, 11) is -3.67. The number of nitrogens with two attached hydrogens (primary N) is 1. The Balaban J connectivity index is 0.00000142. The fourth-order valence-corrected chi connectivity index (χ4v) is 4.03. The molecule has 0 bridgehead atoms. The van der Waals surface area contributed by atoms with Crippen LogP contribution in [-0.4, -0.2) is 77.3 Å². The van der Waals surface area contributed by atoms with Gasteiger partial charge in [-0.1, -0.05) is 40.2 Å². The molecular weight excluding hydrogens is 630 g/mol. The normalized spacial score (nSPS) is 11.8. The van der Waals surface area contributed by atoms with Gasteiger partial charge in [0.25, 0.3) is 21.9 Å². The Hall–Kier alpha value is -4.86. The molecule has 0 saturated carbocycles. The Morgan fingerprint density at radius 1 is 1.00 bits per heavy atom. The Kier molecular flexibility index (Phi) is 13.6. The molecule has 0 radical (unpaired) electrons. The molecule has 0 saturated heterocycles. The van der Waals surface area contributed by atoms with Crippen molar-refractivity contribution in [2.24, 2.45) is 11.1 Å². The molecule has 14 nitrogen and oxygen atoms in total. The summed E-state index contributed by atoms with van der Waals surface area (Å²) in [6, 6.07) is 13.1. The van der Waals surface area contributed by atoms with Crippen molar-refractivity contribution in [1.29, 1.82) is 5.41 Å². The number of pyridine rings is 1. The van der Waals surface area contributed by atoms with Crippen LogP contribution in [0.15, 0.2) is 54.6 Å². The van der Waals surface area contributed by atoms with Gasteiger partial charge in [0.15, 0.2) is 0 Å². The van der Waals surface area contributed by atoms with E-state index in [4.69, 9.17) is 20.4 Å². The lowest BCUT2D eigenvalue weighted by atomic mass is 9.87. The smallest absolute Gasteiger partial charge is 0.336 e. The van der Waals surface area contributed by atoms with Crippen molar-refractivity contribution in [2.45, 2.75) is 46.6 Å². The van der Waals surface area contributed by atoms with Gasteiger partial charge in [0, 0.05) is 28.4 Å². The third-order valence-electron chi connectivity index (χ3n) is 6.62. The molecule has 1 aromatic heterocycles. The van der Waals surface area contributed by atoms with Crippen LogP contribution in [0.25, 0.3) is 11.1 Å².